The van der Waals surface area contributed by atoms with E-state index in [9.17, 15) is 4.39 Å². The molecule has 2 heterocycles. The molecule has 0 aliphatic carbocycles. The van der Waals surface area contributed by atoms with Crippen LogP contribution >= 0.6 is 0 Å². The number of halogens is 1. The van der Waals surface area contributed by atoms with Gasteiger partial charge in [-0.3, -0.25) is 0 Å². The Morgan fingerprint density at radius 1 is 1.45 bits per heavy atom. The van der Waals surface area contributed by atoms with E-state index in [0.29, 0.717) is 29.9 Å². The number of hydrogen-bond donors (Lipinski definition) is 1. The monoisotopic (exact) mass is 280 g/mol. The molecule has 4 nitrogen and oxygen atoms in total. The van der Waals surface area contributed by atoms with E-state index in [-0.39, 0.29) is 5.82 Å². The Morgan fingerprint density at radius 2 is 2.25 bits per heavy atom. The fourth-order valence-corrected chi connectivity index (χ4v) is 2.96. The summed E-state index contributed by atoms with van der Waals surface area (Å²) in [5.41, 5.74) is 0.511. The lowest BCUT2D eigenvalue weighted by Gasteiger charge is -2.36. The molecule has 112 valence electrons. The molecular weight excluding hydrogens is 255 g/mol. The van der Waals surface area contributed by atoms with Crippen molar-refractivity contribution in [2.45, 2.75) is 46.1 Å². The number of anilines is 1. The first-order valence-electron chi connectivity index (χ1n) is 7.65. The maximum absolute atomic E-state index is 14.4. The summed E-state index contributed by atoms with van der Waals surface area (Å²) in [7, 11) is 0. The van der Waals surface area contributed by atoms with Gasteiger partial charge < -0.3 is 10.2 Å². The van der Waals surface area contributed by atoms with Gasteiger partial charge in [0, 0.05) is 19.1 Å². The molecule has 1 aromatic rings. The van der Waals surface area contributed by atoms with Gasteiger partial charge in [0.15, 0.2) is 11.6 Å². The summed E-state index contributed by atoms with van der Waals surface area (Å²) in [4.78, 5) is 10.3. The van der Waals surface area contributed by atoms with Crippen molar-refractivity contribution in [3.05, 3.63) is 17.8 Å². The number of aromatic nitrogens is 2. The van der Waals surface area contributed by atoms with Crippen LogP contribution in [0.2, 0.25) is 0 Å². The van der Waals surface area contributed by atoms with Crippen molar-refractivity contribution in [1.29, 1.82) is 0 Å². The summed E-state index contributed by atoms with van der Waals surface area (Å²) in [6.45, 7) is 8.97. The molecule has 2 unspecified atom stereocenters. The third kappa shape index (κ3) is 3.26. The minimum absolute atomic E-state index is 0.244. The second-order valence-electron chi connectivity index (χ2n) is 5.51. The third-order valence-corrected chi connectivity index (χ3v) is 4.17. The molecule has 0 bridgehead atoms. The molecule has 1 aliphatic heterocycles. The van der Waals surface area contributed by atoms with E-state index in [1.54, 1.807) is 0 Å². The van der Waals surface area contributed by atoms with Crippen molar-refractivity contribution < 1.29 is 4.39 Å². The van der Waals surface area contributed by atoms with Gasteiger partial charge in [0.1, 0.15) is 6.33 Å². The Hall–Kier alpha value is -1.23. The van der Waals surface area contributed by atoms with Gasteiger partial charge in [0.05, 0.1) is 5.69 Å². The van der Waals surface area contributed by atoms with Crippen LogP contribution in [-0.4, -0.2) is 35.6 Å². The lowest BCUT2D eigenvalue weighted by atomic mass is 9.91. The first kappa shape index (κ1) is 15.2. The van der Waals surface area contributed by atoms with E-state index in [4.69, 9.17) is 0 Å². The summed E-state index contributed by atoms with van der Waals surface area (Å²) in [6.07, 6.45) is 4.37. The van der Waals surface area contributed by atoms with Gasteiger partial charge in [-0.05, 0) is 38.6 Å². The van der Waals surface area contributed by atoms with Crippen LogP contribution in [0.3, 0.4) is 0 Å². The van der Waals surface area contributed by atoms with Gasteiger partial charge in [0.25, 0.3) is 0 Å². The zero-order valence-corrected chi connectivity index (χ0v) is 12.7. The molecule has 1 fully saturated rings. The van der Waals surface area contributed by atoms with E-state index in [1.807, 2.05) is 6.92 Å². The average molecular weight is 280 g/mol. The Balaban J connectivity index is 2.13. The van der Waals surface area contributed by atoms with E-state index >= 15 is 0 Å². The van der Waals surface area contributed by atoms with Crippen LogP contribution in [0.1, 0.15) is 39.3 Å². The van der Waals surface area contributed by atoms with Crippen molar-refractivity contribution in [3.63, 3.8) is 0 Å². The highest BCUT2D eigenvalue weighted by molar-refractivity contribution is 5.41. The zero-order chi connectivity index (χ0) is 14.5. The largest absolute Gasteiger partial charge is 0.354 e. The van der Waals surface area contributed by atoms with E-state index in [0.717, 1.165) is 26.1 Å². The fourth-order valence-electron chi connectivity index (χ4n) is 2.96. The molecule has 1 aromatic heterocycles. The van der Waals surface area contributed by atoms with Crippen LogP contribution < -0.4 is 10.2 Å². The Kier molecular flexibility index (Phi) is 5.29. The third-order valence-electron chi connectivity index (χ3n) is 4.17. The predicted molar refractivity (Wildman–Crippen MR) is 79.4 cm³/mol. The van der Waals surface area contributed by atoms with E-state index in [2.05, 4.69) is 34.0 Å². The molecule has 0 amide bonds. The normalized spacial score (nSPS) is 21.0. The predicted octanol–water partition coefficient (Wildman–Crippen LogP) is 2.39. The average Bonchev–Trinajstić information content (AvgIpc) is 2.48. The van der Waals surface area contributed by atoms with E-state index < -0.39 is 0 Å². The SMILES string of the molecule is CCNC(C)C1CCCN(c2ncnc(CC)c2F)C1. The summed E-state index contributed by atoms with van der Waals surface area (Å²) >= 11 is 0. The first-order valence-corrected chi connectivity index (χ1v) is 7.65. The Morgan fingerprint density at radius 3 is 2.95 bits per heavy atom. The number of nitrogens with one attached hydrogen (secondary N) is 1. The lowest BCUT2D eigenvalue weighted by Crippen LogP contribution is -2.45. The van der Waals surface area contributed by atoms with E-state index in [1.165, 1.54) is 12.7 Å². The molecule has 0 radical (unpaired) electrons. The second-order valence-corrected chi connectivity index (χ2v) is 5.51. The van der Waals surface area contributed by atoms with Gasteiger partial charge >= 0.3 is 0 Å². The Labute approximate surface area is 120 Å². The number of piperidine rings is 1. The second kappa shape index (κ2) is 6.97. The van der Waals surface area contributed by atoms with Gasteiger partial charge in [-0.1, -0.05) is 13.8 Å². The molecule has 0 spiro atoms. The van der Waals surface area contributed by atoms with Crippen LogP contribution in [0.4, 0.5) is 10.2 Å². The van der Waals surface area contributed by atoms with Crippen LogP contribution in [0.15, 0.2) is 6.33 Å². The van der Waals surface area contributed by atoms with Crippen molar-refractivity contribution >= 4 is 5.82 Å². The molecule has 20 heavy (non-hydrogen) atoms. The number of nitrogens with zero attached hydrogens (tertiary/aromatic N) is 3. The van der Waals surface area contributed by atoms with Gasteiger partial charge in [0.2, 0.25) is 0 Å². The van der Waals surface area contributed by atoms with Gasteiger partial charge in [-0.2, -0.15) is 0 Å². The molecule has 0 saturated carbocycles. The van der Waals surface area contributed by atoms with Crippen LogP contribution in [0.25, 0.3) is 0 Å². The highest BCUT2D eigenvalue weighted by Crippen LogP contribution is 2.26. The maximum atomic E-state index is 14.4. The molecule has 0 aromatic carbocycles. The highest BCUT2D eigenvalue weighted by Gasteiger charge is 2.27. The number of hydrogen-bond acceptors (Lipinski definition) is 4. The van der Waals surface area contributed by atoms with Gasteiger partial charge in [-0.15, -0.1) is 0 Å². The van der Waals surface area contributed by atoms with Gasteiger partial charge in [-0.25, -0.2) is 14.4 Å². The minimum atomic E-state index is -0.244. The minimum Gasteiger partial charge on any atom is -0.354 e. The molecule has 2 atom stereocenters. The fraction of sp³-hybridized carbons (Fsp3) is 0.733. The van der Waals surface area contributed by atoms with Crippen molar-refractivity contribution in [2.24, 2.45) is 5.92 Å². The summed E-state index contributed by atoms with van der Waals surface area (Å²) in [5, 5.41) is 3.47. The molecule has 5 heteroatoms. The number of rotatable bonds is 5. The van der Waals surface area contributed by atoms with Crippen molar-refractivity contribution in [1.82, 2.24) is 15.3 Å². The molecular formula is C15H25FN4. The quantitative estimate of drug-likeness (QED) is 0.899. The van der Waals surface area contributed by atoms with Crippen LogP contribution in [0.5, 0.6) is 0 Å². The number of aryl methyl sites for hydroxylation is 1. The highest BCUT2D eigenvalue weighted by atomic mass is 19.1. The standard InChI is InChI=1S/C15H25FN4/c1-4-13-14(16)15(19-10-18-13)20-8-6-7-12(9-20)11(3)17-5-2/h10-12,17H,4-9H2,1-3H3. The van der Waals surface area contributed by atoms with Crippen LogP contribution in [-0.2, 0) is 6.42 Å². The Bertz CT molecular complexity index is 438. The molecule has 1 saturated heterocycles. The topological polar surface area (TPSA) is 41.0 Å². The first-order chi connectivity index (χ1) is 9.67. The summed E-state index contributed by atoms with van der Waals surface area (Å²) < 4.78 is 14.4. The smallest absolute Gasteiger partial charge is 0.187 e. The molecule has 1 aliphatic rings. The maximum Gasteiger partial charge on any atom is 0.187 e. The summed E-state index contributed by atoms with van der Waals surface area (Å²) in [5.74, 6) is 0.778. The van der Waals surface area contributed by atoms with Crippen molar-refractivity contribution in [2.75, 3.05) is 24.5 Å². The van der Waals surface area contributed by atoms with Crippen LogP contribution in [0, 0.1) is 11.7 Å². The summed E-state index contributed by atoms with van der Waals surface area (Å²) in [6, 6.07) is 0.457. The molecule has 1 N–H and O–H groups in total. The molecule has 2 rings (SSSR count). The lowest BCUT2D eigenvalue weighted by molar-refractivity contribution is 0.321. The zero-order valence-electron chi connectivity index (χ0n) is 12.7. The van der Waals surface area contributed by atoms with Crippen molar-refractivity contribution in [3.8, 4) is 0 Å².